The zero-order valence-corrected chi connectivity index (χ0v) is 8.88. The van der Waals surface area contributed by atoms with Crippen molar-refractivity contribution >= 4 is 11.6 Å². The molecule has 0 aliphatic carbocycles. The molecule has 0 aliphatic heterocycles. The Morgan fingerprint density at radius 2 is 2.00 bits per heavy atom. The normalized spacial score (nSPS) is 12.8. The van der Waals surface area contributed by atoms with Crippen LogP contribution in [0.15, 0.2) is 12.4 Å². The molecule has 1 rings (SSSR count). The van der Waals surface area contributed by atoms with E-state index in [0.29, 0.717) is 10.9 Å². The minimum absolute atomic E-state index is 0.442. The van der Waals surface area contributed by atoms with E-state index in [1.165, 1.54) is 12.8 Å². The molecule has 1 atom stereocenters. The maximum atomic E-state index is 5.70. The molecule has 0 aromatic carbocycles. The molecule has 1 aromatic rings. The lowest BCUT2D eigenvalue weighted by molar-refractivity contribution is 0.595. The summed E-state index contributed by atoms with van der Waals surface area (Å²) in [5.74, 6) is 1.34. The molecule has 0 bridgehead atoms. The predicted molar refractivity (Wildman–Crippen MR) is 55.0 cm³/mol. The van der Waals surface area contributed by atoms with E-state index in [1.807, 2.05) is 0 Å². The quantitative estimate of drug-likeness (QED) is 0.741. The van der Waals surface area contributed by atoms with Crippen molar-refractivity contribution < 1.29 is 0 Å². The van der Waals surface area contributed by atoms with Gasteiger partial charge in [0, 0.05) is 18.3 Å². The zero-order chi connectivity index (χ0) is 9.68. The number of hydrogen-bond acceptors (Lipinski definition) is 2. The molecule has 0 amide bonds. The summed E-state index contributed by atoms with van der Waals surface area (Å²) in [7, 11) is 0. The van der Waals surface area contributed by atoms with E-state index in [0.717, 1.165) is 12.2 Å². The smallest absolute Gasteiger partial charge is 0.131 e. The molecule has 2 nitrogen and oxygen atoms in total. The first kappa shape index (κ1) is 10.5. The fourth-order valence-electron chi connectivity index (χ4n) is 1.22. The number of unbranched alkanes of at least 4 members (excludes halogenated alkanes) is 1. The lowest BCUT2D eigenvalue weighted by Gasteiger charge is -2.08. The van der Waals surface area contributed by atoms with E-state index in [2.05, 4.69) is 23.8 Å². The largest absolute Gasteiger partial charge is 0.240 e. The molecule has 3 heteroatoms. The summed E-state index contributed by atoms with van der Waals surface area (Å²) in [6.07, 6.45) is 6.92. The van der Waals surface area contributed by atoms with Crippen LogP contribution in [-0.4, -0.2) is 9.97 Å². The van der Waals surface area contributed by atoms with E-state index < -0.39 is 0 Å². The summed E-state index contributed by atoms with van der Waals surface area (Å²) in [5.41, 5.74) is 0. The predicted octanol–water partition coefficient (Wildman–Crippen LogP) is 3.42. The summed E-state index contributed by atoms with van der Waals surface area (Å²) in [6, 6.07) is 0. The van der Waals surface area contributed by atoms with Crippen molar-refractivity contribution in [2.75, 3.05) is 0 Å². The number of nitrogens with zero attached hydrogens (tertiary/aromatic N) is 2. The highest BCUT2D eigenvalue weighted by Crippen LogP contribution is 2.17. The van der Waals surface area contributed by atoms with Gasteiger partial charge in [-0.3, -0.25) is 0 Å². The van der Waals surface area contributed by atoms with Crippen LogP contribution in [0.1, 0.15) is 44.9 Å². The minimum atomic E-state index is 0.442. The Balaban J connectivity index is 2.55. The van der Waals surface area contributed by atoms with Crippen LogP contribution in [0.25, 0.3) is 0 Å². The molecule has 0 saturated carbocycles. The Bertz CT molecular complexity index is 246. The van der Waals surface area contributed by atoms with Crippen molar-refractivity contribution in [2.24, 2.45) is 0 Å². The van der Waals surface area contributed by atoms with Crippen molar-refractivity contribution in [3.8, 4) is 0 Å². The number of hydrogen-bond donors (Lipinski definition) is 0. The standard InChI is InChI=1S/C10H15ClN2/c1-3-4-5-8(2)10-12-6-9(11)7-13-10/h6-8H,3-5H2,1-2H3. The summed E-state index contributed by atoms with van der Waals surface area (Å²) in [5, 5.41) is 0.603. The van der Waals surface area contributed by atoms with Gasteiger partial charge in [-0.25, -0.2) is 9.97 Å². The third-order valence-electron chi connectivity index (χ3n) is 2.07. The molecule has 1 unspecified atom stereocenters. The van der Waals surface area contributed by atoms with Crippen molar-refractivity contribution in [2.45, 2.75) is 39.0 Å². The molecular formula is C10H15ClN2. The van der Waals surface area contributed by atoms with Crippen LogP contribution in [0, 0.1) is 0 Å². The second kappa shape index (κ2) is 5.18. The highest BCUT2D eigenvalue weighted by Gasteiger charge is 2.06. The molecule has 0 fully saturated rings. The van der Waals surface area contributed by atoms with Crippen molar-refractivity contribution in [1.29, 1.82) is 0 Å². The first-order chi connectivity index (χ1) is 6.24. The Hall–Kier alpha value is -0.630. The Kier molecular flexibility index (Phi) is 4.16. The Morgan fingerprint density at radius 3 is 2.54 bits per heavy atom. The fraction of sp³-hybridized carbons (Fsp3) is 0.600. The summed E-state index contributed by atoms with van der Waals surface area (Å²) in [4.78, 5) is 8.38. The van der Waals surface area contributed by atoms with E-state index in [9.17, 15) is 0 Å². The molecule has 72 valence electrons. The monoisotopic (exact) mass is 198 g/mol. The third-order valence-corrected chi connectivity index (χ3v) is 2.27. The average molecular weight is 199 g/mol. The number of halogens is 1. The number of aromatic nitrogens is 2. The maximum Gasteiger partial charge on any atom is 0.131 e. The van der Waals surface area contributed by atoms with E-state index in [4.69, 9.17) is 11.6 Å². The van der Waals surface area contributed by atoms with E-state index >= 15 is 0 Å². The SMILES string of the molecule is CCCCC(C)c1ncc(Cl)cn1. The van der Waals surface area contributed by atoms with Crippen LogP contribution in [0.3, 0.4) is 0 Å². The van der Waals surface area contributed by atoms with Gasteiger partial charge in [-0.1, -0.05) is 38.3 Å². The molecule has 1 aromatic heterocycles. The molecule has 1 heterocycles. The Morgan fingerprint density at radius 1 is 1.38 bits per heavy atom. The van der Waals surface area contributed by atoms with Crippen LogP contribution in [-0.2, 0) is 0 Å². The van der Waals surface area contributed by atoms with E-state index in [1.54, 1.807) is 12.4 Å². The van der Waals surface area contributed by atoms with Gasteiger partial charge in [0.1, 0.15) is 5.82 Å². The van der Waals surface area contributed by atoms with Crippen LogP contribution < -0.4 is 0 Å². The summed E-state index contributed by atoms with van der Waals surface area (Å²) >= 11 is 5.70. The minimum Gasteiger partial charge on any atom is -0.240 e. The molecule has 0 saturated heterocycles. The molecule has 0 spiro atoms. The highest BCUT2D eigenvalue weighted by atomic mass is 35.5. The van der Waals surface area contributed by atoms with Gasteiger partial charge in [0.2, 0.25) is 0 Å². The summed E-state index contributed by atoms with van der Waals surface area (Å²) in [6.45, 7) is 4.34. The zero-order valence-electron chi connectivity index (χ0n) is 8.13. The van der Waals surface area contributed by atoms with Crippen LogP contribution in [0.4, 0.5) is 0 Å². The first-order valence-electron chi connectivity index (χ1n) is 4.71. The van der Waals surface area contributed by atoms with Gasteiger partial charge in [0.25, 0.3) is 0 Å². The molecular weight excluding hydrogens is 184 g/mol. The van der Waals surface area contributed by atoms with Crippen LogP contribution >= 0.6 is 11.6 Å². The topological polar surface area (TPSA) is 25.8 Å². The maximum absolute atomic E-state index is 5.70. The van der Waals surface area contributed by atoms with Gasteiger partial charge in [-0.2, -0.15) is 0 Å². The van der Waals surface area contributed by atoms with Crippen LogP contribution in [0.2, 0.25) is 5.02 Å². The fourth-order valence-corrected chi connectivity index (χ4v) is 1.31. The molecule has 0 N–H and O–H groups in total. The van der Waals surface area contributed by atoms with E-state index in [-0.39, 0.29) is 0 Å². The average Bonchev–Trinajstić information content (AvgIpc) is 2.15. The Labute approximate surface area is 84.4 Å². The van der Waals surface area contributed by atoms with Gasteiger partial charge in [-0.15, -0.1) is 0 Å². The van der Waals surface area contributed by atoms with Crippen molar-refractivity contribution in [3.05, 3.63) is 23.2 Å². The molecule has 13 heavy (non-hydrogen) atoms. The van der Waals surface area contributed by atoms with Crippen molar-refractivity contribution in [3.63, 3.8) is 0 Å². The van der Waals surface area contributed by atoms with Gasteiger partial charge in [-0.05, 0) is 6.42 Å². The van der Waals surface area contributed by atoms with Gasteiger partial charge in [0.15, 0.2) is 0 Å². The van der Waals surface area contributed by atoms with Crippen molar-refractivity contribution in [1.82, 2.24) is 9.97 Å². The molecule has 0 radical (unpaired) electrons. The highest BCUT2D eigenvalue weighted by molar-refractivity contribution is 6.30. The van der Waals surface area contributed by atoms with Gasteiger partial charge in [0.05, 0.1) is 5.02 Å². The molecule has 0 aliphatic rings. The second-order valence-corrected chi connectivity index (χ2v) is 3.74. The van der Waals surface area contributed by atoms with Gasteiger partial charge < -0.3 is 0 Å². The van der Waals surface area contributed by atoms with Crippen LogP contribution in [0.5, 0.6) is 0 Å². The number of rotatable bonds is 4. The first-order valence-corrected chi connectivity index (χ1v) is 5.09. The third kappa shape index (κ3) is 3.31. The lowest BCUT2D eigenvalue weighted by atomic mass is 10.0. The summed E-state index contributed by atoms with van der Waals surface area (Å²) < 4.78 is 0. The van der Waals surface area contributed by atoms with Gasteiger partial charge >= 0.3 is 0 Å². The second-order valence-electron chi connectivity index (χ2n) is 3.30. The lowest BCUT2D eigenvalue weighted by Crippen LogP contribution is -1.99.